The molecule has 1 unspecified atom stereocenters. The van der Waals surface area contributed by atoms with E-state index in [0.29, 0.717) is 15.9 Å². The van der Waals surface area contributed by atoms with Crippen LogP contribution in [0.3, 0.4) is 0 Å². The van der Waals surface area contributed by atoms with Gasteiger partial charge in [0, 0.05) is 35.3 Å². The van der Waals surface area contributed by atoms with Crippen LogP contribution < -0.4 is 9.62 Å². The molecule has 2 rings (SSSR count). The van der Waals surface area contributed by atoms with Crippen molar-refractivity contribution in [2.45, 2.75) is 19.5 Å². The SMILES string of the molecule is CNC(=O)C(C)N(Cc1c(Cl)cccc1Cl)C(=O)CN(c1ccc(F)c(F)c1)S(C)(=O)=O. The molecule has 2 aromatic rings. The van der Waals surface area contributed by atoms with Crippen LogP contribution in [0.2, 0.25) is 10.0 Å². The predicted molar refractivity (Wildman–Crippen MR) is 119 cm³/mol. The van der Waals surface area contributed by atoms with Crippen LogP contribution in [0.1, 0.15) is 12.5 Å². The zero-order chi connectivity index (χ0) is 24.2. The number of nitrogens with zero attached hydrogens (tertiary/aromatic N) is 2. The standard InChI is InChI=1S/C20H21Cl2F2N3O4S/c1-12(20(29)25-2)26(10-14-15(21)5-4-6-16(14)22)19(28)11-27(32(3,30)31)13-7-8-17(23)18(24)9-13/h4-9,12H,10-11H2,1-3H3,(H,25,29). The molecule has 0 aliphatic rings. The fourth-order valence-corrected chi connectivity index (χ4v) is 4.26. The summed E-state index contributed by atoms with van der Waals surface area (Å²) in [6.07, 6.45) is 0.818. The zero-order valence-corrected chi connectivity index (χ0v) is 19.7. The summed E-state index contributed by atoms with van der Waals surface area (Å²) in [5.74, 6) is -3.74. The van der Waals surface area contributed by atoms with E-state index >= 15 is 0 Å². The molecule has 0 aliphatic carbocycles. The Morgan fingerprint density at radius 3 is 2.19 bits per heavy atom. The van der Waals surface area contributed by atoms with Crippen LogP contribution in [-0.2, 0) is 26.2 Å². The Hall–Kier alpha value is -2.43. The molecule has 0 aromatic heterocycles. The van der Waals surface area contributed by atoms with Gasteiger partial charge in [-0.05, 0) is 31.2 Å². The summed E-state index contributed by atoms with van der Waals surface area (Å²) < 4.78 is 52.3. The molecule has 0 heterocycles. The van der Waals surface area contributed by atoms with Gasteiger partial charge in [-0.1, -0.05) is 29.3 Å². The number of likely N-dealkylation sites (N-methyl/N-ethyl adjacent to an activating group) is 1. The topological polar surface area (TPSA) is 86.8 Å². The monoisotopic (exact) mass is 507 g/mol. The summed E-state index contributed by atoms with van der Waals surface area (Å²) in [5, 5.41) is 2.92. The molecule has 174 valence electrons. The summed E-state index contributed by atoms with van der Waals surface area (Å²) in [4.78, 5) is 26.6. The Kier molecular flexibility index (Phi) is 8.44. The fourth-order valence-electron chi connectivity index (χ4n) is 2.90. The largest absolute Gasteiger partial charge is 0.357 e. The van der Waals surface area contributed by atoms with E-state index in [0.717, 1.165) is 23.3 Å². The molecule has 0 bridgehead atoms. The van der Waals surface area contributed by atoms with Crippen LogP contribution in [0.5, 0.6) is 0 Å². The number of carbonyl (C=O) groups excluding carboxylic acids is 2. The second-order valence-electron chi connectivity index (χ2n) is 6.88. The Morgan fingerprint density at radius 2 is 1.69 bits per heavy atom. The van der Waals surface area contributed by atoms with Crippen LogP contribution in [0.25, 0.3) is 0 Å². The third-order valence-electron chi connectivity index (χ3n) is 4.67. The fraction of sp³-hybridized carbons (Fsp3) is 0.300. The van der Waals surface area contributed by atoms with Crippen molar-refractivity contribution in [3.05, 3.63) is 63.6 Å². The van der Waals surface area contributed by atoms with E-state index < -0.39 is 46.1 Å². The van der Waals surface area contributed by atoms with Crippen molar-refractivity contribution in [2.75, 3.05) is 24.2 Å². The molecule has 12 heteroatoms. The molecular weight excluding hydrogens is 487 g/mol. The highest BCUT2D eigenvalue weighted by molar-refractivity contribution is 7.92. The normalized spacial score (nSPS) is 12.2. The smallest absolute Gasteiger partial charge is 0.244 e. The van der Waals surface area contributed by atoms with Gasteiger partial charge in [0.05, 0.1) is 11.9 Å². The lowest BCUT2D eigenvalue weighted by Crippen LogP contribution is -2.50. The highest BCUT2D eigenvalue weighted by atomic mass is 35.5. The van der Waals surface area contributed by atoms with Crippen molar-refractivity contribution in [2.24, 2.45) is 0 Å². The number of hydrogen-bond donors (Lipinski definition) is 1. The summed E-state index contributed by atoms with van der Waals surface area (Å²) in [6.45, 7) is 0.485. The van der Waals surface area contributed by atoms with Gasteiger partial charge in [0.25, 0.3) is 0 Å². The van der Waals surface area contributed by atoms with Gasteiger partial charge >= 0.3 is 0 Å². The molecule has 2 amide bonds. The highest BCUT2D eigenvalue weighted by Gasteiger charge is 2.30. The number of amides is 2. The Labute approximate surface area is 194 Å². The predicted octanol–water partition coefficient (Wildman–Crippen LogP) is 3.20. The van der Waals surface area contributed by atoms with Gasteiger partial charge in [0.1, 0.15) is 12.6 Å². The van der Waals surface area contributed by atoms with Crippen LogP contribution in [-0.4, -0.2) is 51.0 Å². The first-order chi connectivity index (χ1) is 14.9. The van der Waals surface area contributed by atoms with Gasteiger partial charge in [0.15, 0.2) is 11.6 Å². The number of nitrogens with one attached hydrogen (secondary N) is 1. The second kappa shape index (κ2) is 10.5. The number of benzene rings is 2. The maximum absolute atomic E-state index is 13.7. The average Bonchev–Trinajstić information content (AvgIpc) is 2.72. The zero-order valence-electron chi connectivity index (χ0n) is 17.4. The van der Waals surface area contributed by atoms with E-state index in [1.165, 1.54) is 14.0 Å². The maximum Gasteiger partial charge on any atom is 0.244 e. The first-order valence-electron chi connectivity index (χ1n) is 9.23. The molecule has 1 N–H and O–H groups in total. The molecule has 0 radical (unpaired) electrons. The van der Waals surface area contributed by atoms with Crippen molar-refractivity contribution in [3.63, 3.8) is 0 Å². The Morgan fingerprint density at radius 1 is 1.09 bits per heavy atom. The molecule has 0 saturated carbocycles. The number of carbonyl (C=O) groups is 2. The summed E-state index contributed by atoms with van der Waals surface area (Å²) in [5.41, 5.74) is 0.113. The third kappa shape index (κ3) is 6.08. The molecule has 7 nitrogen and oxygen atoms in total. The molecular formula is C20H21Cl2F2N3O4S. The molecule has 2 aromatic carbocycles. The average molecular weight is 508 g/mol. The summed E-state index contributed by atoms with van der Waals surface area (Å²) in [6, 6.07) is 6.15. The lowest BCUT2D eigenvalue weighted by atomic mass is 10.1. The minimum atomic E-state index is -4.07. The van der Waals surface area contributed by atoms with Crippen molar-refractivity contribution in [3.8, 4) is 0 Å². The first kappa shape index (κ1) is 25.8. The minimum Gasteiger partial charge on any atom is -0.357 e. The number of anilines is 1. The van der Waals surface area contributed by atoms with Gasteiger partial charge in [-0.3, -0.25) is 13.9 Å². The summed E-state index contributed by atoms with van der Waals surface area (Å²) in [7, 11) is -2.69. The third-order valence-corrected chi connectivity index (χ3v) is 6.52. The van der Waals surface area contributed by atoms with Gasteiger partial charge in [-0.25, -0.2) is 17.2 Å². The van der Waals surface area contributed by atoms with E-state index in [1.807, 2.05) is 0 Å². The lowest BCUT2D eigenvalue weighted by Gasteiger charge is -2.31. The molecule has 32 heavy (non-hydrogen) atoms. The highest BCUT2D eigenvalue weighted by Crippen LogP contribution is 2.27. The molecule has 0 fully saturated rings. The van der Waals surface area contributed by atoms with E-state index in [1.54, 1.807) is 18.2 Å². The molecule has 0 spiro atoms. The van der Waals surface area contributed by atoms with Crippen LogP contribution in [0.15, 0.2) is 36.4 Å². The number of halogens is 4. The van der Waals surface area contributed by atoms with E-state index in [9.17, 15) is 26.8 Å². The van der Waals surface area contributed by atoms with Crippen LogP contribution in [0, 0.1) is 11.6 Å². The van der Waals surface area contributed by atoms with Crippen molar-refractivity contribution in [1.82, 2.24) is 10.2 Å². The van der Waals surface area contributed by atoms with Crippen molar-refractivity contribution >= 4 is 50.7 Å². The van der Waals surface area contributed by atoms with E-state index in [4.69, 9.17) is 23.2 Å². The molecule has 1 atom stereocenters. The van der Waals surface area contributed by atoms with Gasteiger partial charge in [-0.15, -0.1) is 0 Å². The quantitative estimate of drug-likeness (QED) is 0.594. The Bertz CT molecular complexity index is 1110. The summed E-state index contributed by atoms with van der Waals surface area (Å²) >= 11 is 12.4. The van der Waals surface area contributed by atoms with Gasteiger partial charge < -0.3 is 10.2 Å². The first-order valence-corrected chi connectivity index (χ1v) is 11.8. The van der Waals surface area contributed by atoms with Crippen LogP contribution in [0.4, 0.5) is 14.5 Å². The Balaban J connectivity index is 2.46. The van der Waals surface area contributed by atoms with Gasteiger partial charge in [-0.2, -0.15) is 0 Å². The lowest BCUT2D eigenvalue weighted by molar-refractivity contribution is -0.139. The molecule has 0 aliphatic heterocycles. The number of hydrogen-bond acceptors (Lipinski definition) is 4. The second-order valence-corrected chi connectivity index (χ2v) is 9.60. The number of rotatable bonds is 8. The van der Waals surface area contributed by atoms with E-state index in [2.05, 4.69) is 5.32 Å². The van der Waals surface area contributed by atoms with Crippen molar-refractivity contribution in [1.29, 1.82) is 0 Å². The molecule has 0 saturated heterocycles. The van der Waals surface area contributed by atoms with E-state index in [-0.39, 0.29) is 22.3 Å². The van der Waals surface area contributed by atoms with Gasteiger partial charge in [0.2, 0.25) is 21.8 Å². The number of sulfonamides is 1. The van der Waals surface area contributed by atoms with Crippen LogP contribution >= 0.6 is 23.2 Å². The maximum atomic E-state index is 13.7. The van der Waals surface area contributed by atoms with Crippen molar-refractivity contribution < 1.29 is 26.8 Å². The minimum absolute atomic E-state index is 0.193.